The van der Waals surface area contributed by atoms with Gasteiger partial charge in [-0.05, 0) is 42.0 Å². The number of rotatable bonds is 4. The van der Waals surface area contributed by atoms with Crippen LogP contribution < -0.4 is 4.83 Å². The van der Waals surface area contributed by atoms with E-state index in [4.69, 9.17) is 5.11 Å². The first-order valence-corrected chi connectivity index (χ1v) is 6.95. The van der Waals surface area contributed by atoms with Crippen molar-refractivity contribution in [1.29, 1.82) is 0 Å². The van der Waals surface area contributed by atoms with Crippen molar-refractivity contribution in [2.75, 3.05) is 0 Å². The van der Waals surface area contributed by atoms with Crippen LogP contribution in [0.2, 0.25) is 0 Å². The van der Waals surface area contributed by atoms with Gasteiger partial charge in [-0.15, -0.1) is 0 Å². The van der Waals surface area contributed by atoms with Crippen molar-refractivity contribution >= 4 is 16.2 Å². The van der Waals surface area contributed by atoms with E-state index in [1.807, 2.05) is 0 Å². The lowest BCUT2D eigenvalue weighted by atomic mass is 10.2. The van der Waals surface area contributed by atoms with Gasteiger partial charge in [-0.2, -0.15) is 13.5 Å². The van der Waals surface area contributed by atoms with E-state index in [1.165, 1.54) is 30.5 Å². The summed E-state index contributed by atoms with van der Waals surface area (Å²) in [7, 11) is -3.64. The highest BCUT2D eigenvalue weighted by Crippen LogP contribution is 2.08. The summed E-state index contributed by atoms with van der Waals surface area (Å²) in [5.74, 6) is 0.141. The second-order valence-corrected chi connectivity index (χ2v) is 5.42. The number of hydrogen-bond acceptors (Lipinski definition) is 4. The molecule has 0 aromatic heterocycles. The smallest absolute Gasteiger partial charge is 0.276 e. The van der Waals surface area contributed by atoms with Gasteiger partial charge >= 0.3 is 0 Å². The van der Waals surface area contributed by atoms with E-state index in [-0.39, 0.29) is 10.6 Å². The Morgan fingerprint density at radius 3 is 2.26 bits per heavy atom. The van der Waals surface area contributed by atoms with Crippen LogP contribution in [-0.2, 0) is 10.0 Å². The summed E-state index contributed by atoms with van der Waals surface area (Å²) >= 11 is 0. The van der Waals surface area contributed by atoms with Crippen LogP contribution in [0.5, 0.6) is 5.75 Å². The maximum atomic E-state index is 11.8. The molecule has 98 valence electrons. The number of nitrogens with one attached hydrogen (secondary N) is 1. The lowest BCUT2D eigenvalue weighted by molar-refractivity contribution is 0.475. The highest BCUT2D eigenvalue weighted by molar-refractivity contribution is 7.89. The normalized spacial score (nSPS) is 11.6. The number of phenolic OH excluding ortho intramolecular Hbond substituents is 1. The van der Waals surface area contributed by atoms with Crippen LogP contribution in [0.4, 0.5) is 0 Å². The number of benzene rings is 2. The van der Waals surface area contributed by atoms with Crippen molar-refractivity contribution < 1.29 is 13.5 Å². The van der Waals surface area contributed by atoms with E-state index in [0.717, 1.165) is 0 Å². The maximum Gasteiger partial charge on any atom is 0.276 e. The molecule has 0 bridgehead atoms. The molecule has 2 aromatic carbocycles. The van der Waals surface area contributed by atoms with Crippen molar-refractivity contribution in [1.82, 2.24) is 4.83 Å². The molecule has 5 nitrogen and oxygen atoms in total. The van der Waals surface area contributed by atoms with E-state index in [2.05, 4.69) is 9.93 Å². The number of hydrazone groups is 1. The van der Waals surface area contributed by atoms with Crippen molar-refractivity contribution in [2.45, 2.75) is 4.90 Å². The average molecular weight is 276 g/mol. The molecule has 19 heavy (non-hydrogen) atoms. The average Bonchev–Trinajstić information content (AvgIpc) is 2.42. The van der Waals surface area contributed by atoms with Crippen LogP contribution in [0.25, 0.3) is 0 Å². The number of sulfonamides is 1. The predicted octanol–water partition coefficient (Wildman–Crippen LogP) is 1.70. The van der Waals surface area contributed by atoms with Crippen molar-refractivity contribution in [3.8, 4) is 5.75 Å². The predicted molar refractivity (Wildman–Crippen MR) is 72.5 cm³/mol. The molecule has 0 heterocycles. The molecule has 0 aliphatic carbocycles. The summed E-state index contributed by atoms with van der Waals surface area (Å²) in [6, 6.07) is 14.2. The SMILES string of the molecule is O=S(=O)(N/N=C/c1ccc(O)cc1)c1ccccc1. The van der Waals surface area contributed by atoms with Crippen molar-refractivity contribution in [3.05, 3.63) is 60.2 Å². The van der Waals surface area contributed by atoms with Gasteiger partial charge in [-0.3, -0.25) is 0 Å². The Morgan fingerprint density at radius 1 is 1.00 bits per heavy atom. The lowest BCUT2D eigenvalue weighted by Gasteiger charge is -2.02. The van der Waals surface area contributed by atoms with Crippen LogP contribution in [-0.4, -0.2) is 19.7 Å². The highest BCUT2D eigenvalue weighted by atomic mass is 32.2. The molecule has 2 N–H and O–H groups in total. The minimum absolute atomic E-state index is 0.141. The number of nitrogens with zero attached hydrogens (tertiary/aromatic N) is 1. The van der Waals surface area contributed by atoms with Crippen molar-refractivity contribution in [3.63, 3.8) is 0 Å². The quantitative estimate of drug-likeness (QED) is 0.659. The molecule has 2 rings (SSSR count). The Morgan fingerprint density at radius 2 is 1.63 bits per heavy atom. The first kappa shape index (κ1) is 13.1. The number of phenols is 1. The standard InChI is InChI=1S/C13H12N2O3S/c16-12-8-6-11(7-9-12)10-14-15-19(17,18)13-4-2-1-3-5-13/h1-10,15-16H/b14-10+. The third kappa shape index (κ3) is 3.56. The van der Waals surface area contributed by atoms with Gasteiger partial charge in [0.25, 0.3) is 10.0 Å². The minimum Gasteiger partial charge on any atom is -0.508 e. The number of hydrogen-bond donors (Lipinski definition) is 2. The van der Waals surface area contributed by atoms with Crippen LogP contribution in [0.15, 0.2) is 64.6 Å². The van der Waals surface area contributed by atoms with Gasteiger partial charge in [0, 0.05) is 0 Å². The first-order valence-electron chi connectivity index (χ1n) is 5.47. The van der Waals surface area contributed by atoms with Crippen LogP contribution >= 0.6 is 0 Å². The van der Waals surface area contributed by atoms with Gasteiger partial charge in [-0.1, -0.05) is 18.2 Å². The summed E-state index contributed by atoms with van der Waals surface area (Å²) in [6.45, 7) is 0. The first-order chi connectivity index (χ1) is 9.08. The Labute approximate surface area is 111 Å². The zero-order valence-electron chi connectivity index (χ0n) is 9.89. The fourth-order valence-electron chi connectivity index (χ4n) is 1.38. The van der Waals surface area contributed by atoms with Gasteiger partial charge in [0.2, 0.25) is 0 Å². The third-order valence-electron chi connectivity index (χ3n) is 2.33. The third-order valence-corrected chi connectivity index (χ3v) is 3.57. The molecule has 0 saturated heterocycles. The van der Waals surface area contributed by atoms with Crippen LogP contribution in [0.1, 0.15) is 5.56 Å². The van der Waals surface area contributed by atoms with E-state index < -0.39 is 10.0 Å². The second kappa shape index (κ2) is 5.53. The molecule has 0 fully saturated rings. The molecule has 0 aliphatic rings. The van der Waals surface area contributed by atoms with Gasteiger partial charge < -0.3 is 5.11 Å². The number of aromatic hydroxyl groups is 1. The highest BCUT2D eigenvalue weighted by Gasteiger charge is 2.10. The molecule has 0 radical (unpaired) electrons. The molecule has 0 saturated carbocycles. The summed E-state index contributed by atoms with van der Waals surface area (Å²) in [5.41, 5.74) is 0.675. The molecular formula is C13H12N2O3S. The van der Waals surface area contributed by atoms with Gasteiger partial charge in [0.05, 0.1) is 11.1 Å². The van der Waals surface area contributed by atoms with E-state index in [9.17, 15) is 8.42 Å². The zero-order valence-corrected chi connectivity index (χ0v) is 10.7. The molecule has 0 spiro atoms. The fourth-order valence-corrected chi connectivity index (χ4v) is 2.20. The topological polar surface area (TPSA) is 78.8 Å². The largest absolute Gasteiger partial charge is 0.508 e. The van der Waals surface area contributed by atoms with Gasteiger partial charge in [0.15, 0.2) is 0 Å². The van der Waals surface area contributed by atoms with E-state index in [0.29, 0.717) is 5.56 Å². The summed E-state index contributed by atoms with van der Waals surface area (Å²) < 4.78 is 23.6. The summed E-state index contributed by atoms with van der Waals surface area (Å²) in [6.07, 6.45) is 1.36. The molecule has 0 atom stereocenters. The van der Waals surface area contributed by atoms with Gasteiger partial charge in [0.1, 0.15) is 5.75 Å². The molecule has 0 amide bonds. The Hall–Kier alpha value is -2.34. The molecule has 0 unspecified atom stereocenters. The minimum atomic E-state index is -3.64. The molecule has 0 aliphatic heterocycles. The maximum absolute atomic E-state index is 11.8. The van der Waals surface area contributed by atoms with E-state index >= 15 is 0 Å². The molecular weight excluding hydrogens is 264 g/mol. The summed E-state index contributed by atoms with van der Waals surface area (Å²) in [4.78, 5) is 2.27. The Bertz CT molecular complexity index is 665. The lowest BCUT2D eigenvalue weighted by Crippen LogP contribution is -2.18. The monoisotopic (exact) mass is 276 g/mol. The zero-order chi connectivity index (χ0) is 13.7. The second-order valence-electron chi connectivity index (χ2n) is 3.76. The van der Waals surface area contributed by atoms with Crippen LogP contribution in [0.3, 0.4) is 0 Å². The Kier molecular flexibility index (Phi) is 3.82. The van der Waals surface area contributed by atoms with E-state index in [1.54, 1.807) is 30.3 Å². The molecule has 6 heteroatoms. The fraction of sp³-hybridized carbons (Fsp3) is 0. The van der Waals surface area contributed by atoms with Crippen LogP contribution in [0, 0.1) is 0 Å². The van der Waals surface area contributed by atoms with Gasteiger partial charge in [-0.25, -0.2) is 4.83 Å². The Balaban J connectivity index is 2.08. The molecule has 2 aromatic rings. The van der Waals surface area contributed by atoms with Crippen molar-refractivity contribution in [2.24, 2.45) is 5.10 Å². The summed E-state index contributed by atoms with van der Waals surface area (Å²) in [5, 5.41) is 12.8.